The lowest BCUT2D eigenvalue weighted by atomic mass is 10.0. The number of hydrogen-bond donors (Lipinski definition) is 1. The predicted molar refractivity (Wildman–Crippen MR) is 128 cm³/mol. The number of piperidine rings is 1. The number of carbonyl (C=O) groups is 1. The molecule has 34 heavy (non-hydrogen) atoms. The normalized spacial score (nSPS) is 20.2. The smallest absolute Gasteiger partial charge is 0.348 e. The van der Waals surface area contributed by atoms with Gasteiger partial charge >= 0.3 is 5.97 Å². The number of carbonyl (C=O) groups excluding carboxylic acids is 1. The number of esters is 1. The summed E-state index contributed by atoms with van der Waals surface area (Å²) in [5.41, 5.74) is 0.0980. The van der Waals surface area contributed by atoms with Gasteiger partial charge in [-0.15, -0.1) is 11.3 Å². The summed E-state index contributed by atoms with van der Waals surface area (Å²) in [4.78, 5) is 24.8. The van der Waals surface area contributed by atoms with Crippen molar-refractivity contribution >= 4 is 44.6 Å². The van der Waals surface area contributed by atoms with Crippen LogP contribution in [0.25, 0.3) is 0 Å². The van der Waals surface area contributed by atoms with Crippen molar-refractivity contribution in [3.63, 3.8) is 0 Å². The van der Waals surface area contributed by atoms with Gasteiger partial charge in [-0.1, -0.05) is 11.6 Å². The van der Waals surface area contributed by atoms with Crippen LogP contribution in [0.5, 0.6) is 0 Å². The molecule has 0 unspecified atom stereocenters. The molecule has 1 N–H and O–H groups in total. The fraction of sp³-hybridized carbons (Fsp3) is 0.571. The van der Waals surface area contributed by atoms with Crippen LogP contribution in [0, 0.1) is 5.92 Å². The number of halogens is 1. The van der Waals surface area contributed by atoms with E-state index in [-0.39, 0.29) is 33.9 Å². The van der Waals surface area contributed by atoms with Gasteiger partial charge in [0.05, 0.1) is 36.5 Å². The van der Waals surface area contributed by atoms with Gasteiger partial charge in [0.15, 0.2) is 0 Å². The van der Waals surface area contributed by atoms with Crippen LogP contribution >= 0.6 is 22.9 Å². The van der Waals surface area contributed by atoms with E-state index in [9.17, 15) is 18.0 Å². The van der Waals surface area contributed by atoms with Gasteiger partial charge in [0, 0.05) is 31.6 Å². The summed E-state index contributed by atoms with van der Waals surface area (Å²) in [6.45, 7) is 2.58. The third-order valence-corrected chi connectivity index (χ3v) is 9.45. The molecular weight excluding hydrogens is 504 g/mol. The Kier molecular flexibility index (Phi) is 7.93. The van der Waals surface area contributed by atoms with Crippen molar-refractivity contribution in [1.82, 2.24) is 14.1 Å². The Morgan fingerprint density at radius 3 is 2.79 bits per heavy atom. The molecule has 2 aliphatic rings. The number of nitrogens with zero attached hydrogens (tertiary/aromatic N) is 3. The minimum Gasteiger partial charge on any atom is -0.465 e. The average Bonchev–Trinajstić information content (AvgIpc) is 3.37. The summed E-state index contributed by atoms with van der Waals surface area (Å²) < 4.78 is 38.8. The summed E-state index contributed by atoms with van der Waals surface area (Å²) in [6.07, 6.45) is 4.47. The number of nitrogens with one attached hydrogen (secondary N) is 1. The van der Waals surface area contributed by atoms with Crippen molar-refractivity contribution in [2.75, 3.05) is 45.3 Å². The zero-order chi connectivity index (χ0) is 24.3. The van der Waals surface area contributed by atoms with E-state index in [2.05, 4.69) is 15.2 Å². The maximum absolute atomic E-state index is 13.0. The van der Waals surface area contributed by atoms with Crippen LogP contribution in [0.3, 0.4) is 0 Å². The summed E-state index contributed by atoms with van der Waals surface area (Å²) >= 11 is 7.37. The molecule has 186 valence electrons. The molecular formula is C21H27ClN4O6S2. The van der Waals surface area contributed by atoms with E-state index in [1.807, 2.05) is 0 Å². The van der Waals surface area contributed by atoms with E-state index < -0.39 is 21.6 Å². The molecule has 13 heteroatoms. The van der Waals surface area contributed by atoms with E-state index >= 15 is 0 Å². The largest absolute Gasteiger partial charge is 0.465 e. The highest BCUT2D eigenvalue weighted by Gasteiger charge is 2.32. The average molecular weight is 531 g/mol. The Hall–Kier alpha value is -1.99. The first-order chi connectivity index (χ1) is 16.3. The number of anilines is 1. The molecule has 4 heterocycles. The van der Waals surface area contributed by atoms with Crippen LogP contribution in [-0.4, -0.2) is 68.4 Å². The number of hydrogen-bond acceptors (Lipinski definition) is 9. The predicted octanol–water partition coefficient (Wildman–Crippen LogP) is 2.61. The van der Waals surface area contributed by atoms with Crippen LogP contribution < -0.4 is 10.9 Å². The fourth-order valence-corrected chi connectivity index (χ4v) is 7.04. The first-order valence-electron chi connectivity index (χ1n) is 11.1. The molecule has 0 spiro atoms. The summed E-state index contributed by atoms with van der Waals surface area (Å²) in [5, 5.41) is 9.03. The minimum absolute atomic E-state index is 0.0634. The molecule has 0 bridgehead atoms. The molecule has 2 aliphatic heterocycles. The van der Waals surface area contributed by atoms with Crippen LogP contribution in [0.4, 0.5) is 5.69 Å². The Labute approximate surface area is 206 Å². The summed E-state index contributed by atoms with van der Waals surface area (Å²) in [7, 11) is -2.50. The first-order valence-corrected chi connectivity index (χ1v) is 13.8. The molecule has 10 nitrogen and oxygen atoms in total. The molecule has 0 saturated carbocycles. The standard InChI is InChI=1S/C21H27ClN4O6S2/c1-31-21(28)18-9-16(13-33-18)34(29,30)25-6-4-15(5-7-25)26-20(27)19(22)17(11-24-26)23-10-14-3-2-8-32-12-14/h9,11,13-15,23H,2-8,10,12H2,1H3/t14-/m1/s1. The molecule has 1 atom stereocenters. The van der Waals surface area contributed by atoms with Crippen molar-refractivity contribution in [3.8, 4) is 0 Å². The molecule has 0 aromatic carbocycles. The SMILES string of the molecule is COC(=O)c1cc(S(=O)(=O)N2CCC(n3ncc(NC[C@H]4CCCOC4)c(Cl)c3=O)CC2)cs1. The molecule has 4 rings (SSSR count). The summed E-state index contributed by atoms with van der Waals surface area (Å²) in [5.74, 6) is -0.206. The minimum atomic E-state index is -3.75. The van der Waals surface area contributed by atoms with Crippen LogP contribution in [0.1, 0.15) is 41.4 Å². The highest BCUT2D eigenvalue weighted by atomic mass is 35.5. The second-order valence-corrected chi connectivity index (χ2v) is 11.6. The Bertz CT molecular complexity index is 1180. The van der Waals surface area contributed by atoms with Gasteiger partial charge in [-0.2, -0.15) is 9.40 Å². The molecule has 2 aromatic rings. The first kappa shape index (κ1) is 25.1. The fourth-order valence-electron chi connectivity index (χ4n) is 4.19. The van der Waals surface area contributed by atoms with Crippen molar-refractivity contribution in [1.29, 1.82) is 0 Å². The second-order valence-electron chi connectivity index (χ2n) is 8.36. The topological polar surface area (TPSA) is 120 Å². The van der Waals surface area contributed by atoms with E-state index in [1.54, 1.807) is 6.20 Å². The van der Waals surface area contributed by atoms with E-state index in [0.717, 1.165) is 30.8 Å². The number of aromatic nitrogens is 2. The van der Waals surface area contributed by atoms with Gasteiger partial charge < -0.3 is 14.8 Å². The molecule has 0 aliphatic carbocycles. The molecule has 0 amide bonds. The van der Waals surface area contributed by atoms with E-state index in [0.29, 0.717) is 37.6 Å². The quantitative estimate of drug-likeness (QED) is 0.542. The van der Waals surface area contributed by atoms with Crippen LogP contribution in [-0.2, 0) is 19.5 Å². The monoisotopic (exact) mass is 530 g/mol. The number of thiophene rings is 1. The Balaban J connectivity index is 1.39. The summed E-state index contributed by atoms with van der Waals surface area (Å²) in [6, 6.07) is 1.07. The number of methoxy groups -OCH3 is 1. The van der Waals surface area contributed by atoms with Gasteiger partial charge in [-0.3, -0.25) is 4.79 Å². The van der Waals surface area contributed by atoms with Crippen molar-refractivity contribution in [2.45, 2.75) is 36.6 Å². The van der Waals surface area contributed by atoms with Crippen molar-refractivity contribution in [2.24, 2.45) is 5.92 Å². The van der Waals surface area contributed by atoms with Crippen LogP contribution in [0.2, 0.25) is 5.02 Å². The van der Waals surface area contributed by atoms with Gasteiger partial charge in [0.2, 0.25) is 10.0 Å². The highest BCUT2D eigenvalue weighted by molar-refractivity contribution is 7.89. The molecule has 2 fully saturated rings. The van der Waals surface area contributed by atoms with Crippen LogP contribution in [0.15, 0.2) is 27.3 Å². The maximum Gasteiger partial charge on any atom is 0.348 e. The third-order valence-electron chi connectivity index (χ3n) is 6.15. The van der Waals surface area contributed by atoms with Gasteiger partial charge in [-0.25, -0.2) is 17.9 Å². The third kappa shape index (κ3) is 5.30. The van der Waals surface area contributed by atoms with Gasteiger partial charge in [0.1, 0.15) is 9.90 Å². The van der Waals surface area contributed by atoms with E-state index in [4.69, 9.17) is 16.3 Å². The van der Waals surface area contributed by atoms with Crippen molar-refractivity contribution in [3.05, 3.63) is 37.9 Å². The Morgan fingerprint density at radius 1 is 1.35 bits per heavy atom. The van der Waals surface area contributed by atoms with Crippen molar-refractivity contribution < 1.29 is 22.7 Å². The number of rotatable bonds is 7. The lowest BCUT2D eigenvalue weighted by Gasteiger charge is -2.31. The zero-order valence-corrected chi connectivity index (χ0v) is 21.1. The highest BCUT2D eigenvalue weighted by Crippen LogP contribution is 2.29. The van der Waals surface area contributed by atoms with Gasteiger partial charge in [0.25, 0.3) is 5.56 Å². The van der Waals surface area contributed by atoms with Gasteiger partial charge in [-0.05, 0) is 37.7 Å². The number of sulfonamides is 1. The number of ether oxygens (including phenoxy) is 2. The zero-order valence-electron chi connectivity index (χ0n) is 18.7. The molecule has 2 aromatic heterocycles. The maximum atomic E-state index is 13.0. The lowest BCUT2D eigenvalue weighted by Crippen LogP contribution is -2.41. The van der Waals surface area contributed by atoms with E-state index in [1.165, 1.54) is 27.5 Å². The molecule has 0 radical (unpaired) electrons. The second kappa shape index (κ2) is 10.7. The Morgan fingerprint density at radius 2 is 2.12 bits per heavy atom. The molecule has 2 saturated heterocycles. The lowest BCUT2D eigenvalue weighted by molar-refractivity contribution is 0.0594.